The Morgan fingerprint density at radius 2 is 1.56 bits per heavy atom. The largest absolute Gasteiger partial charge is 0.435 e. The van der Waals surface area contributed by atoms with Crippen molar-refractivity contribution in [2.45, 2.75) is 0 Å². The summed E-state index contributed by atoms with van der Waals surface area (Å²) in [4.78, 5) is 6.57. The number of hydrogen-bond acceptors (Lipinski definition) is 5. The first-order valence-corrected chi connectivity index (χ1v) is 10.3. The summed E-state index contributed by atoms with van der Waals surface area (Å²) in [5.41, 5.74) is 11.1. The molecule has 32 heavy (non-hydrogen) atoms. The predicted octanol–water partition coefficient (Wildman–Crippen LogP) is 7.42. The summed E-state index contributed by atoms with van der Waals surface area (Å²) >= 11 is 5.92. The molecule has 0 unspecified atom stereocenters. The number of anilines is 6. The van der Waals surface area contributed by atoms with E-state index in [4.69, 9.17) is 21.8 Å². The zero-order valence-electron chi connectivity index (χ0n) is 16.8. The fourth-order valence-corrected chi connectivity index (χ4v) is 3.77. The van der Waals surface area contributed by atoms with Crippen molar-refractivity contribution in [1.29, 1.82) is 0 Å². The van der Waals surface area contributed by atoms with Crippen LogP contribution in [0.3, 0.4) is 0 Å². The fraction of sp³-hybridized carbons (Fsp3) is 0. The van der Waals surface area contributed by atoms with Gasteiger partial charge in [0.2, 0.25) is 5.88 Å². The van der Waals surface area contributed by atoms with Gasteiger partial charge in [-0.2, -0.15) is 0 Å². The molecule has 0 saturated carbocycles. The van der Waals surface area contributed by atoms with E-state index in [1.807, 2.05) is 66.7 Å². The fourth-order valence-electron chi connectivity index (χ4n) is 3.59. The second-order valence-electron chi connectivity index (χ2n) is 7.11. The third-order valence-electron chi connectivity index (χ3n) is 5.04. The van der Waals surface area contributed by atoms with Crippen LogP contribution < -0.4 is 16.0 Å². The number of rotatable bonds is 5. The lowest BCUT2D eigenvalue weighted by atomic mass is 10.2. The molecule has 0 saturated heterocycles. The van der Waals surface area contributed by atoms with Crippen LogP contribution >= 0.6 is 11.6 Å². The Labute approximate surface area is 188 Å². The first-order valence-electron chi connectivity index (χ1n) is 9.91. The second kappa shape index (κ2) is 8.24. The van der Waals surface area contributed by atoms with Gasteiger partial charge in [-0.15, -0.1) is 0 Å². The first-order chi connectivity index (χ1) is 15.6. The maximum absolute atomic E-state index is 13.6. The Hall–Kier alpha value is -4.03. The van der Waals surface area contributed by atoms with Crippen molar-refractivity contribution in [2.24, 2.45) is 0 Å². The summed E-state index contributed by atoms with van der Waals surface area (Å²) in [5.74, 6) is -0.328. The van der Waals surface area contributed by atoms with E-state index in [1.165, 1.54) is 12.1 Å². The molecule has 0 fully saturated rings. The van der Waals surface area contributed by atoms with Crippen LogP contribution in [0.15, 0.2) is 95.5 Å². The highest BCUT2D eigenvalue weighted by Gasteiger charge is 2.22. The molecule has 2 aromatic heterocycles. The smallest absolute Gasteiger partial charge is 0.217 e. The van der Waals surface area contributed by atoms with Crippen LogP contribution in [0.25, 0.3) is 11.1 Å². The summed E-state index contributed by atoms with van der Waals surface area (Å²) in [5, 5.41) is 3.17. The molecule has 5 nitrogen and oxygen atoms in total. The van der Waals surface area contributed by atoms with Gasteiger partial charge in [0.25, 0.3) is 0 Å². The van der Waals surface area contributed by atoms with Gasteiger partial charge in [-0.05, 0) is 48.5 Å². The molecule has 3 N–H and O–H groups in total. The number of nitrogens with zero attached hydrogens (tertiary/aromatic N) is 2. The zero-order valence-corrected chi connectivity index (χ0v) is 17.6. The van der Waals surface area contributed by atoms with E-state index in [9.17, 15) is 4.39 Å². The van der Waals surface area contributed by atoms with Crippen LogP contribution in [-0.2, 0) is 0 Å². The van der Waals surface area contributed by atoms with E-state index in [1.54, 1.807) is 12.3 Å². The van der Waals surface area contributed by atoms with Gasteiger partial charge in [0.1, 0.15) is 17.0 Å². The molecule has 0 aliphatic carbocycles. The summed E-state index contributed by atoms with van der Waals surface area (Å²) < 4.78 is 19.5. The monoisotopic (exact) mass is 444 g/mol. The maximum Gasteiger partial charge on any atom is 0.217 e. The van der Waals surface area contributed by atoms with Gasteiger partial charge in [0.05, 0.1) is 10.7 Å². The zero-order chi connectivity index (χ0) is 22.1. The lowest BCUT2D eigenvalue weighted by Crippen LogP contribution is -2.10. The number of para-hydroxylation sites is 2. The van der Waals surface area contributed by atoms with Crippen molar-refractivity contribution in [3.63, 3.8) is 0 Å². The number of furan rings is 1. The van der Waals surface area contributed by atoms with Crippen LogP contribution in [0.2, 0.25) is 5.02 Å². The van der Waals surface area contributed by atoms with Gasteiger partial charge in [-0.1, -0.05) is 48.0 Å². The van der Waals surface area contributed by atoms with E-state index >= 15 is 0 Å². The molecule has 3 aromatic carbocycles. The third-order valence-corrected chi connectivity index (χ3v) is 5.33. The van der Waals surface area contributed by atoms with E-state index < -0.39 is 5.82 Å². The van der Waals surface area contributed by atoms with Gasteiger partial charge in [-0.3, -0.25) is 4.98 Å². The van der Waals surface area contributed by atoms with Crippen molar-refractivity contribution < 1.29 is 8.81 Å². The lowest BCUT2D eigenvalue weighted by Gasteiger charge is -2.25. The summed E-state index contributed by atoms with van der Waals surface area (Å²) in [6.07, 6.45) is 1.70. The Bertz CT molecular complexity index is 1350. The highest BCUT2D eigenvalue weighted by atomic mass is 35.5. The van der Waals surface area contributed by atoms with E-state index in [0.717, 1.165) is 17.1 Å². The second-order valence-corrected chi connectivity index (χ2v) is 7.52. The van der Waals surface area contributed by atoms with Crippen molar-refractivity contribution in [2.75, 3.05) is 16.0 Å². The number of pyridine rings is 1. The number of benzene rings is 3. The van der Waals surface area contributed by atoms with Crippen LogP contribution in [-0.4, -0.2) is 4.98 Å². The summed E-state index contributed by atoms with van der Waals surface area (Å²) in [7, 11) is 0. The minimum atomic E-state index is -0.496. The number of nitrogen functional groups attached to an aromatic ring is 1. The molecular formula is C25H18ClFN4O. The highest BCUT2D eigenvalue weighted by Crippen LogP contribution is 2.43. The van der Waals surface area contributed by atoms with Crippen molar-refractivity contribution in [1.82, 2.24) is 4.98 Å². The van der Waals surface area contributed by atoms with Crippen LogP contribution in [0.5, 0.6) is 0 Å². The summed E-state index contributed by atoms with van der Waals surface area (Å²) in [6, 6.07) is 26.1. The number of halogens is 2. The number of hydrogen-bond donors (Lipinski definition) is 2. The van der Waals surface area contributed by atoms with E-state index in [0.29, 0.717) is 22.5 Å². The van der Waals surface area contributed by atoms with Crippen LogP contribution in [0.1, 0.15) is 0 Å². The van der Waals surface area contributed by atoms with Gasteiger partial charge in [-0.25, -0.2) is 4.39 Å². The molecule has 0 bridgehead atoms. The molecule has 0 aliphatic rings. The van der Waals surface area contributed by atoms with E-state index in [2.05, 4.69) is 15.2 Å². The molecule has 2 heterocycles. The Balaban J connectivity index is 1.66. The average molecular weight is 445 g/mol. The number of fused-ring (bicyclic) bond motifs is 1. The van der Waals surface area contributed by atoms with Crippen molar-refractivity contribution >= 4 is 57.0 Å². The molecule has 0 radical (unpaired) electrons. The normalized spacial score (nSPS) is 10.9. The van der Waals surface area contributed by atoms with Gasteiger partial charge in [0.15, 0.2) is 5.58 Å². The molecule has 0 amide bonds. The van der Waals surface area contributed by atoms with Crippen molar-refractivity contribution in [3.8, 4) is 0 Å². The van der Waals surface area contributed by atoms with Gasteiger partial charge < -0.3 is 20.4 Å². The maximum atomic E-state index is 13.6. The Kier molecular flexibility index (Phi) is 5.13. The van der Waals surface area contributed by atoms with Gasteiger partial charge >= 0.3 is 0 Å². The van der Waals surface area contributed by atoms with Crippen LogP contribution in [0, 0.1) is 5.82 Å². The molecule has 7 heteroatoms. The molecule has 158 valence electrons. The summed E-state index contributed by atoms with van der Waals surface area (Å²) in [6.45, 7) is 0. The number of aromatic nitrogens is 1. The Morgan fingerprint density at radius 3 is 2.19 bits per heavy atom. The standard InChI is InChI=1S/C25H18ClFN4O/c26-19-15-16(11-12-20(19)27)30-23-22-24(32-25(23)28)21(13-14-29-22)31(17-7-3-1-4-8-17)18-9-5-2-6-10-18/h1-15,30H,28H2. The molecule has 0 atom stereocenters. The SMILES string of the molecule is Nc1oc2c(N(c3ccccc3)c3ccccc3)ccnc2c1Nc1ccc(F)c(Cl)c1. The highest BCUT2D eigenvalue weighted by molar-refractivity contribution is 6.31. The predicted molar refractivity (Wildman–Crippen MR) is 128 cm³/mol. The molecular weight excluding hydrogens is 427 g/mol. The quantitative estimate of drug-likeness (QED) is 0.295. The van der Waals surface area contributed by atoms with Gasteiger partial charge in [0, 0.05) is 23.3 Å². The van der Waals surface area contributed by atoms with Crippen molar-refractivity contribution in [3.05, 3.63) is 102 Å². The molecule has 0 aliphatic heterocycles. The minimum Gasteiger partial charge on any atom is -0.435 e. The minimum absolute atomic E-state index is 0.00866. The number of nitrogens with two attached hydrogens (primary N) is 1. The molecule has 0 spiro atoms. The first kappa shape index (κ1) is 19.9. The Morgan fingerprint density at radius 1 is 0.906 bits per heavy atom. The third kappa shape index (κ3) is 3.61. The van der Waals surface area contributed by atoms with E-state index in [-0.39, 0.29) is 10.9 Å². The van der Waals surface area contributed by atoms with Crippen LogP contribution in [0.4, 0.5) is 38.7 Å². The topological polar surface area (TPSA) is 67.3 Å². The average Bonchev–Trinajstić information content (AvgIpc) is 3.14. The lowest BCUT2D eigenvalue weighted by molar-refractivity contribution is 0.628. The molecule has 5 rings (SSSR count). The number of nitrogens with one attached hydrogen (secondary N) is 1. The molecule has 5 aromatic rings.